The van der Waals surface area contributed by atoms with E-state index in [9.17, 15) is 5.11 Å². The fourth-order valence-electron chi connectivity index (χ4n) is 1.72. The Hall–Kier alpha value is -0.490. The molecule has 110 valence electrons. The van der Waals surface area contributed by atoms with Crippen LogP contribution in [-0.4, -0.2) is 25.4 Å². The Labute approximate surface area is 128 Å². The van der Waals surface area contributed by atoms with Gasteiger partial charge in [-0.3, -0.25) is 0 Å². The highest BCUT2D eigenvalue weighted by atomic mass is 79.9. The van der Waals surface area contributed by atoms with Gasteiger partial charge in [0, 0.05) is 4.47 Å². The topological polar surface area (TPSA) is 64.7 Å². The second kappa shape index (κ2) is 7.94. The molecule has 0 heterocycles. The van der Waals surface area contributed by atoms with Gasteiger partial charge in [0.1, 0.15) is 0 Å². The van der Waals surface area contributed by atoms with E-state index in [2.05, 4.69) is 15.9 Å². The largest absolute Gasteiger partial charge is 0.493 e. The van der Waals surface area contributed by atoms with Crippen molar-refractivity contribution < 1.29 is 14.6 Å². The molecule has 2 atom stereocenters. The van der Waals surface area contributed by atoms with Crippen molar-refractivity contribution in [2.24, 2.45) is 11.7 Å². The van der Waals surface area contributed by atoms with Crippen LogP contribution < -0.4 is 15.2 Å². The van der Waals surface area contributed by atoms with Crippen molar-refractivity contribution in [2.75, 3.05) is 14.2 Å². The smallest absolute Gasteiger partial charge is 0.161 e. The summed E-state index contributed by atoms with van der Waals surface area (Å²) in [6.45, 7) is 3.86. The summed E-state index contributed by atoms with van der Waals surface area (Å²) in [6, 6.07) is 3.11. The van der Waals surface area contributed by atoms with Gasteiger partial charge in [-0.25, -0.2) is 0 Å². The van der Waals surface area contributed by atoms with Crippen LogP contribution in [0.5, 0.6) is 11.5 Å². The summed E-state index contributed by atoms with van der Waals surface area (Å²) in [5.41, 5.74) is 6.88. The van der Waals surface area contributed by atoms with Crippen LogP contribution in [-0.2, 0) is 0 Å². The third-order valence-electron chi connectivity index (χ3n) is 2.91. The van der Waals surface area contributed by atoms with Crippen LogP contribution in [0.15, 0.2) is 16.6 Å². The average Bonchev–Trinajstić information content (AvgIpc) is 2.36. The van der Waals surface area contributed by atoms with E-state index in [0.717, 1.165) is 10.0 Å². The Kier molecular flexibility index (Phi) is 7.74. The second-order valence-corrected chi connectivity index (χ2v) is 5.34. The lowest BCUT2D eigenvalue weighted by Crippen LogP contribution is -2.30. The molecule has 0 saturated heterocycles. The number of methoxy groups -OCH3 is 2. The van der Waals surface area contributed by atoms with Crippen molar-refractivity contribution in [3.63, 3.8) is 0 Å². The van der Waals surface area contributed by atoms with E-state index in [1.165, 1.54) is 0 Å². The third kappa shape index (κ3) is 4.24. The maximum Gasteiger partial charge on any atom is 0.161 e. The quantitative estimate of drug-likeness (QED) is 0.853. The molecule has 6 heteroatoms. The van der Waals surface area contributed by atoms with Gasteiger partial charge in [-0.1, -0.05) is 29.8 Å². The molecule has 1 rings (SSSR count). The number of nitrogens with two attached hydrogens (primary N) is 1. The molecule has 0 aliphatic carbocycles. The summed E-state index contributed by atoms with van der Waals surface area (Å²) >= 11 is 3.44. The maximum atomic E-state index is 10.0. The molecule has 1 aromatic carbocycles. The van der Waals surface area contributed by atoms with Gasteiger partial charge >= 0.3 is 0 Å². The number of rotatable bonds is 5. The number of aliphatic hydroxyl groups is 1. The Balaban J connectivity index is 0.00000324. The molecule has 3 N–H and O–H groups in total. The van der Waals surface area contributed by atoms with Gasteiger partial charge in [-0.2, -0.15) is 0 Å². The predicted molar refractivity (Wildman–Crippen MR) is 82.3 cm³/mol. The van der Waals surface area contributed by atoms with Crippen molar-refractivity contribution in [2.45, 2.75) is 26.0 Å². The summed E-state index contributed by atoms with van der Waals surface area (Å²) in [4.78, 5) is 0. The first-order valence-corrected chi connectivity index (χ1v) is 6.56. The third-order valence-corrected chi connectivity index (χ3v) is 3.60. The Morgan fingerprint density at radius 3 is 2.05 bits per heavy atom. The van der Waals surface area contributed by atoms with Crippen LogP contribution in [0, 0.1) is 5.92 Å². The minimum atomic E-state index is -0.612. The van der Waals surface area contributed by atoms with Crippen LogP contribution in [0.3, 0.4) is 0 Å². The van der Waals surface area contributed by atoms with Crippen molar-refractivity contribution in [1.82, 2.24) is 0 Å². The lowest BCUT2D eigenvalue weighted by atomic mass is 9.94. The zero-order valence-corrected chi connectivity index (χ0v) is 13.9. The minimum absolute atomic E-state index is 0. The zero-order valence-electron chi connectivity index (χ0n) is 11.5. The van der Waals surface area contributed by atoms with E-state index in [1.807, 2.05) is 13.8 Å². The highest BCUT2D eigenvalue weighted by Crippen LogP contribution is 2.36. The summed E-state index contributed by atoms with van der Waals surface area (Å²) in [7, 11) is 3.15. The first kappa shape index (κ1) is 18.5. The lowest BCUT2D eigenvalue weighted by molar-refractivity contribution is 0.0976. The molecule has 0 radical (unpaired) electrons. The first-order valence-electron chi connectivity index (χ1n) is 5.77. The maximum absolute atomic E-state index is 10.0. The molecule has 1 aromatic rings. The molecule has 4 nitrogen and oxygen atoms in total. The predicted octanol–water partition coefficient (Wildman–Crippen LogP) is 2.90. The second-order valence-electron chi connectivity index (χ2n) is 4.49. The van der Waals surface area contributed by atoms with Crippen LogP contribution in [0.1, 0.15) is 25.5 Å². The Morgan fingerprint density at radius 2 is 1.63 bits per heavy atom. The molecule has 0 unspecified atom stereocenters. The number of ether oxygens (including phenoxy) is 2. The van der Waals surface area contributed by atoms with Crippen LogP contribution in [0.4, 0.5) is 0 Å². The SMILES string of the molecule is COc1cc(Br)c([C@@H](N)[C@@H](O)C(C)C)cc1OC.Cl. The molecule has 0 bridgehead atoms. The summed E-state index contributed by atoms with van der Waals surface area (Å²) < 4.78 is 11.2. The van der Waals surface area contributed by atoms with Gasteiger partial charge in [0.2, 0.25) is 0 Å². The van der Waals surface area contributed by atoms with Gasteiger partial charge in [0.05, 0.1) is 26.4 Å². The number of hydrogen-bond donors (Lipinski definition) is 2. The molecule has 0 saturated carbocycles. The zero-order chi connectivity index (χ0) is 13.9. The molecular weight excluding hydrogens is 334 g/mol. The van der Waals surface area contributed by atoms with Gasteiger partial charge in [-0.05, 0) is 23.6 Å². The first-order chi connectivity index (χ1) is 8.42. The van der Waals surface area contributed by atoms with Gasteiger partial charge < -0.3 is 20.3 Å². The van der Waals surface area contributed by atoms with Crippen molar-refractivity contribution in [3.8, 4) is 11.5 Å². The van der Waals surface area contributed by atoms with Crippen LogP contribution in [0.2, 0.25) is 0 Å². The summed E-state index contributed by atoms with van der Waals surface area (Å²) in [5.74, 6) is 1.31. The van der Waals surface area contributed by atoms with E-state index in [4.69, 9.17) is 15.2 Å². The fourth-order valence-corrected chi connectivity index (χ4v) is 2.31. The van der Waals surface area contributed by atoms with E-state index in [0.29, 0.717) is 11.5 Å². The number of benzene rings is 1. The number of halogens is 2. The van der Waals surface area contributed by atoms with Crippen molar-refractivity contribution in [1.29, 1.82) is 0 Å². The monoisotopic (exact) mass is 353 g/mol. The summed E-state index contributed by atoms with van der Waals surface area (Å²) in [6.07, 6.45) is -0.612. The number of hydrogen-bond acceptors (Lipinski definition) is 4. The van der Waals surface area contributed by atoms with Crippen LogP contribution in [0.25, 0.3) is 0 Å². The van der Waals surface area contributed by atoms with Crippen LogP contribution >= 0.6 is 28.3 Å². The van der Waals surface area contributed by atoms with E-state index in [1.54, 1.807) is 26.4 Å². The molecular formula is C13H21BrClNO3. The molecule has 0 aromatic heterocycles. The lowest BCUT2D eigenvalue weighted by Gasteiger charge is -2.24. The molecule has 0 amide bonds. The minimum Gasteiger partial charge on any atom is -0.493 e. The highest BCUT2D eigenvalue weighted by molar-refractivity contribution is 9.10. The number of aliphatic hydroxyl groups excluding tert-OH is 1. The van der Waals surface area contributed by atoms with E-state index in [-0.39, 0.29) is 18.3 Å². The summed E-state index contributed by atoms with van der Waals surface area (Å²) in [5, 5.41) is 10.0. The molecule has 0 fully saturated rings. The standard InChI is InChI=1S/C13H20BrNO3.ClH/c1-7(2)13(16)12(15)8-5-10(17-3)11(18-4)6-9(8)14;/h5-7,12-13,16H,15H2,1-4H3;1H/t12-,13+;/m1./s1. The molecule has 0 spiro atoms. The van der Waals surface area contributed by atoms with Gasteiger partial charge in [0.25, 0.3) is 0 Å². The molecule has 19 heavy (non-hydrogen) atoms. The highest BCUT2D eigenvalue weighted by Gasteiger charge is 2.23. The molecule has 0 aliphatic heterocycles. The van der Waals surface area contributed by atoms with Gasteiger partial charge in [-0.15, -0.1) is 12.4 Å². The van der Waals surface area contributed by atoms with Gasteiger partial charge in [0.15, 0.2) is 11.5 Å². The normalized spacial score (nSPS) is 13.7. The van der Waals surface area contributed by atoms with Crippen molar-refractivity contribution >= 4 is 28.3 Å². The molecule has 0 aliphatic rings. The average molecular weight is 355 g/mol. The Morgan fingerprint density at radius 1 is 1.16 bits per heavy atom. The van der Waals surface area contributed by atoms with Crippen molar-refractivity contribution in [3.05, 3.63) is 22.2 Å². The van der Waals surface area contributed by atoms with E-state index < -0.39 is 12.1 Å². The van der Waals surface area contributed by atoms with E-state index >= 15 is 0 Å². The Bertz CT molecular complexity index is 415. The fraction of sp³-hybridized carbons (Fsp3) is 0.538.